The lowest BCUT2D eigenvalue weighted by atomic mass is 9.89. The summed E-state index contributed by atoms with van der Waals surface area (Å²) in [6, 6.07) is 22.8. The summed E-state index contributed by atoms with van der Waals surface area (Å²) in [5.74, 6) is -0.146. The summed E-state index contributed by atoms with van der Waals surface area (Å²) in [5.41, 5.74) is 9.07. The van der Waals surface area contributed by atoms with E-state index in [4.69, 9.17) is 0 Å². The molecule has 1 aliphatic carbocycles. The number of benzene rings is 4. The van der Waals surface area contributed by atoms with Crippen molar-refractivity contribution >= 4 is 10.8 Å². The van der Waals surface area contributed by atoms with Gasteiger partial charge in [0.15, 0.2) is 0 Å². The molecule has 0 spiro atoms. The fraction of sp³-hybridized carbons (Fsp3) is 0.0833. The summed E-state index contributed by atoms with van der Waals surface area (Å²) in [4.78, 5) is 0. The van der Waals surface area contributed by atoms with Crippen LogP contribution in [0.3, 0.4) is 0 Å². The first-order valence-corrected chi connectivity index (χ1v) is 8.58. The number of hydrogen-bond acceptors (Lipinski definition) is 0. The molecule has 25 heavy (non-hydrogen) atoms. The van der Waals surface area contributed by atoms with E-state index in [1.807, 2.05) is 13.0 Å². The minimum absolute atomic E-state index is 0.146. The minimum atomic E-state index is -0.146. The lowest BCUT2D eigenvalue weighted by molar-refractivity contribution is 0.619. The zero-order valence-electron chi connectivity index (χ0n) is 14.2. The minimum Gasteiger partial charge on any atom is -0.207 e. The van der Waals surface area contributed by atoms with Crippen molar-refractivity contribution in [2.75, 3.05) is 0 Å². The van der Waals surface area contributed by atoms with Crippen molar-refractivity contribution in [2.24, 2.45) is 0 Å². The van der Waals surface area contributed by atoms with Gasteiger partial charge < -0.3 is 0 Å². The smallest absolute Gasteiger partial charge is 0.126 e. The van der Waals surface area contributed by atoms with Gasteiger partial charge in [-0.2, -0.15) is 0 Å². The van der Waals surface area contributed by atoms with Crippen LogP contribution in [0.15, 0.2) is 66.7 Å². The monoisotopic (exact) mass is 324 g/mol. The van der Waals surface area contributed by atoms with Crippen molar-refractivity contribution in [1.29, 1.82) is 0 Å². The van der Waals surface area contributed by atoms with Crippen LogP contribution < -0.4 is 0 Å². The maximum absolute atomic E-state index is 14.2. The molecule has 4 aromatic rings. The van der Waals surface area contributed by atoms with Gasteiger partial charge in [0.05, 0.1) is 0 Å². The summed E-state index contributed by atoms with van der Waals surface area (Å²) < 4.78 is 14.2. The van der Waals surface area contributed by atoms with Crippen molar-refractivity contribution in [3.63, 3.8) is 0 Å². The second-order valence-electron chi connectivity index (χ2n) is 6.80. The normalized spacial score (nSPS) is 11.8. The molecule has 0 saturated carbocycles. The molecule has 0 saturated heterocycles. The lowest BCUT2D eigenvalue weighted by Crippen LogP contribution is -1.93. The van der Waals surface area contributed by atoms with E-state index in [2.05, 4.69) is 61.5 Å². The first kappa shape index (κ1) is 14.4. The maximum Gasteiger partial charge on any atom is 0.126 e. The van der Waals surface area contributed by atoms with Gasteiger partial charge in [0, 0.05) is 0 Å². The molecule has 0 amide bonds. The highest BCUT2D eigenvalue weighted by Crippen LogP contribution is 2.49. The molecule has 0 heterocycles. The third kappa shape index (κ3) is 1.87. The Bertz CT molecular complexity index is 1140. The van der Waals surface area contributed by atoms with Crippen LogP contribution >= 0.6 is 0 Å². The summed E-state index contributed by atoms with van der Waals surface area (Å²) in [6.07, 6.45) is 0. The molecule has 120 valence electrons. The lowest BCUT2D eigenvalue weighted by Gasteiger charge is -2.15. The second kappa shape index (κ2) is 5.03. The molecule has 0 bridgehead atoms. The Balaban J connectivity index is 1.92. The van der Waals surface area contributed by atoms with Crippen LogP contribution in [0.25, 0.3) is 44.2 Å². The molecule has 0 N–H and O–H groups in total. The summed E-state index contributed by atoms with van der Waals surface area (Å²) >= 11 is 0. The summed E-state index contributed by atoms with van der Waals surface area (Å²) in [6.45, 7) is 3.93. The van der Waals surface area contributed by atoms with Gasteiger partial charge in [0.25, 0.3) is 0 Å². The van der Waals surface area contributed by atoms with Crippen LogP contribution in [0.2, 0.25) is 0 Å². The average Bonchev–Trinajstić information content (AvgIpc) is 2.96. The molecule has 0 aliphatic heterocycles. The van der Waals surface area contributed by atoms with Gasteiger partial charge in [-0.15, -0.1) is 0 Å². The number of aryl methyl sites for hydroxylation is 1. The molecular weight excluding hydrogens is 307 g/mol. The van der Waals surface area contributed by atoms with Crippen molar-refractivity contribution in [2.45, 2.75) is 13.8 Å². The quantitative estimate of drug-likeness (QED) is 0.314. The first-order chi connectivity index (χ1) is 12.2. The van der Waals surface area contributed by atoms with Crippen LogP contribution in [0.4, 0.5) is 4.39 Å². The fourth-order valence-corrected chi connectivity index (χ4v) is 4.26. The zero-order valence-corrected chi connectivity index (χ0v) is 14.2. The van der Waals surface area contributed by atoms with E-state index in [1.54, 1.807) is 6.07 Å². The summed E-state index contributed by atoms with van der Waals surface area (Å²) in [5, 5.41) is 2.48. The first-order valence-electron chi connectivity index (χ1n) is 8.58. The summed E-state index contributed by atoms with van der Waals surface area (Å²) in [7, 11) is 0. The molecule has 1 heteroatoms. The Morgan fingerprint density at radius 3 is 2.00 bits per heavy atom. The second-order valence-corrected chi connectivity index (χ2v) is 6.80. The molecule has 0 nitrogen and oxygen atoms in total. The molecule has 5 rings (SSSR count). The average molecular weight is 324 g/mol. The van der Waals surface area contributed by atoms with E-state index in [-0.39, 0.29) is 5.82 Å². The standard InChI is InChI=1S/C24H17F/c1-14-10-13-22(25)15(2)23(14)21-12-11-20-17-7-4-3-6-16(17)18-8-5-9-19(21)24(18)20/h3-13H,1-2H3. The van der Waals surface area contributed by atoms with Crippen LogP contribution in [-0.2, 0) is 0 Å². The molecule has 1 aliphatic rings. The van der Waals surface area contributed by atoms with Gasteiger partial charge >= 0.3 is 0 Å². The fourth-order valence-electron chi connectivity index (χ4n) is 4.26. The van der Waals surface area contributed by atoms with Gasteiger partial charge in [0.2, 0.25) is 0 Å². The highest BCUT2D eigenvalue weighted by molar-refractivity contribution is 6.18. The highest BCUT2D eigenvalue weighted by atomic mass is 19.1. The van der Waals surface area contributed by atoms with Crippen molar-refractivity contribution in [3.05, 3.63) is 83.7 Å². The topological polar surface area (TPSA) is 0 Å². The van der Waals surface area contributed by atoms with E-state index in [0.717, 1.165) is 22.3 Å². The predicted molar refractivity (Wildman–Crippen MR) is 103 cm³/mol. The molecule has 4 aromatic carbocycles. The third-order valence-electron chi connectivity index (χ3n) is 5.42. The van der Waals surface area contributed by atoms with Crippen molar-refractivity contribution < 1.29 is 4.39 Å². The molecule has 0 aromatic heterocycles. The number of rotatable bonds is 1. The maximum atomic E-state index is 14.2. The Morgan fingerprint density at radius 1 is 0.600 bits per heavy atom. The molecular formula is C24H17F. The highest BCUT2D eigenvalue weighted by Gasteiger charge is 2.23. The van der Waals surface area contributed by atoms with Gasteiger partial charge in [-0.1, -0.05) is 60.7 Å². The number of fused-ring (bicyclic) bond motifs is 3. The Hall–Kier alpha value is -2.93. The van der Waals surface area contributed by atoms with E-state index < -0.39 is 0 Å². The largest absolute Gasteiger partial charge is 0.207 e. The van der Waals surface area contributed by atoms with E-state index in [1.165, 1.54) is 33.0 Å². The predicted octanol–water partition coefficient (Wildman–Crippen LogP) is 6.91. The zero-order chi connectivity index (χ0) is 17.1. The third-order valence-corrected chi connectivity index (χ3v) is 5.42. The molecule has 0 fully saturated rings. The molecule has 0 atom stereocenters. The van der Waals surface area contributed by atoms with Crippen LogP contribution in [0.5, 0.6) is 0 Å². The molecule has 0 unspecified atom stereocenters. The van der Waals surface area contributed by atoms with Gasteiger partial charge in [-0.05, 0) is 75.2 Å². The van der Waals surface area contributed by atoms with Crippen LogP contribution in [0, 0.1) is 19.7 Å². The van der Waals surface area contributed by atoms with Gasteiger partial charge in [-0.25, -0.2) is 4.39 Å². The Kier molecular flexibility index (Phi) is 2.90. The van der Waals surface area contributed by atoms with Crippen LogP contribution in [0.1, 0.15) is 11.1 Å². The van der Waals surface area contributed by atoms with Crippen molar-refractivity contribution in [3.8, 4) is 33.4 Å². The van der Waals surface area contributed by atoms with Gasteiger partial charge in [0.1, 0.15) is 5.82 Å². The van der Waals surface area contributed by atoms with Crippen LogP contribution in [-0.4, -0.2) is 0 Å². The molecule has 0 radical (unpaired) electrons. The van der Waals surface area contributed by atoms with Gasteiger partial charge in [-0.3, -0.25) is 0 Å². The SMILES string of the molecule is Cc1ccc(F)c(C)c1-c1ccc2c3c(cccc13)-c1ccccc1-2. The van der Waals surface area contributed by atoms with Crippen molar-refractivity contribution in [1.82, 2.24) is 0 Å². The van der Waals surface area contributed by atoms with E-state index in [9.17, 15) is 4.39 Å². The Labute approximate surface area is 146 Å². The number of hydrogen-bond donors (Lipinski definition) is 0. The van der Waals surface area contributed by atoms with E-state index >= 15 is 0 Å². The Morgan fingerprint density at radius 2 is 1.24 bits per heavy atom. The number of halogens is 1. The van der Waals surface area contributed by atoms with E-state index in [0.29, 0.717) is 0 Å².